The summed E-state index contributed by atoms with van der Waals surface area (Å²) in [6.07, 6.45) is 3.21. The van der Waals surface area contributed by atoms with Gasteiger partial charge in [-0.3, -0.25) is 0 Å². The van der Waals surface area contributed by atoms with E-state index in [4.69, 9.17) is 0 Å². The number of thioether (sulfide) groups is 2. The van der Waals surface area contributed by atoms with Gasteiger partial charge in [0, 0.05) is 35.9 Å². The third-order valence-corrected chi connectivity index (χ3v) is 4.87. The van der Waals surface area contributed by atoms with Gasteiger partial charge in [-0.25, -0.2) is 4.79 Å². The topological polar surface area (TPSA) is 32.3 Å². The molecule has 0 spiro atoms. The van der Waals surface area contributed by atoms with Crippen molar-refractivity contribution in [3.8, 4) is 0 Å². The molecular weight excluding hydrogens is 240 g/mol. The average molecular weight is 262 g/mol. The molecule has 0 aromatic rings. The Morgan fingerprint density at radius 2 is 2.44 bits per heavy atom. The van der Waals surface area contributed by atoms with Crippen LogP contribution in [-0.4, -0.2) is 53.1 Å². The summed E-state index contributed by atoms with van der Waals surface area (Å²) >= 11 is 3.75. The molecule has 0 unspecified atom stereocenters. The number of hydrogen-bond acceptors (Lipinski definition) is 3. The van der Waals surface area contributed by atoms with E-state index in [1.165, 1.54) is 0 Å². The Hall–Kier alpha value is -0.0300. The van der Waals surface area contributed by atoms with Crippen molar-refractivity contribution >= 4 is 29.6 Å². The summed E-state index contributed by atoms with van der Waals surface area (Å²) in [4.78, 5) is 13.9. The maximum Gasteiger partial charge on any atom is 0.317 e. The van der Waals surface area contributed by atoms with E-state index in [0.29, 0.717) is 5.25 Å². The van der Waals surface area contributed by atoms with Crippen LogP contribution in [0.5, 0.6) is 0 Å². The summed E-state index contributed by atoms with van der Waals surface area (Å²) in [6.45, 7) is 6.04. The van der Waals surface area contributed by atoms with Crippen LogP contribution in [0.4, 0.5) is 4.79 Å². The number of amides is 2. The molecule has 0 aromatic carbocycles. The summed E-state index contributed by atoms with van der Waals surface area (Å²) in [5.41, 5.74) is 0. The number of nitrogens with zero attached hydrogens (tertiary/aromatic N) is 1. The molecule has 1 rings (SSSR count). The van der Waals surface area contributed by atoms with Gasteiger partial charge in [0.05, 0.1) is 0 Å². The van der Waals surface area contributed by atoms with Crippen LogP contribution in [0.2, 0.25) is 0 Å². The van der Waals surface area contributed by atoms with Gasteiger partial charge in [0.15, 0.2) is 0 Å². The first-order chi connectivity index (χ1) is 7.67. The van der Waals surface area contributed by atoms with E-state index < -0.39 is 0 Å². The maximum atomic E-state index is 11.9. The van der Waals surface area contributed by atoms with Crippen LogP contribution in [0.3, 0.4) is 0 Å². The lowest BCUT2D eigenvalue weighted by Gasteiger charge is -2.32. The molecule has 0 aromatic heterocycles. The lowest BCUT2D eigenvalue weighted by molar-refractivity contribution is 0.197. The van der Waals surface area contributed by atoms with Crippen molar-refractivity contribution in [3.05, 3.63) is 0 Å². The van der Waals surface area contributed by atoms with E-state index in [-0.39, 0.29) is 12.1 Å². The number of nitrogens with one attached hydrogen (secondary N) is 1. The van der Waals surface area contributed by atoms with Gasteiger partial charge in [0.2, 0.25) is 0 Å². The Kier molecular flexibility index (Phi) is 6.43. The van der Waals surface area contributed by atoms with Crippen molar-refractivity contribution in [1.29, 1.82) is 0 Å². The molecule has 1 heterocycles. The highest BCUT2D eigenvalue weighted by atomic mass is 32.2. The highest BCUT2D eigenvalue weighted by Crippen LogP contribution is 2.20. The van der Waals surface area contributed by atoms with Crippen molar-refractivity contribution < 1.29 is 4.79 Å². The Balaban J connectivity index is 2.35. The molecule has 0 radical (unpaired) electrons. The first-order valence-corrected chi connectivity index (χ1v) is 8.27. The fourth-order valence-electron chi connectivity index (χ4n) is 1.74. The summed E-state index contributed by atoms with van der Waals surface area (Å²) in [5.74, 6) is 2.05. The second-order valence-electron chi connectivity index (χ2n) is 4.15. The molecular formula is C11H22N2OS2. The number of urea groups is 1. The molecule has 1 aliphatic heterocycles. The SMILES string of the molecule is CC[C@H]1CN(C(=O)N[C@H](C)CSC)CCS1. The normalized spacial score (nSPS) is 22.9. The molecule has 5 heteroatoms. The van der Waals surface area contributed by atoms with Crippen molar-refractivity contribution in [1.82, 2.24) is 10.2 Å². The Morgan fingerprint density at radius 3 is 3.06 bits per heavy atom. The minimum atomic E-state index is 0.111. The number of rotatable bonds is 4. The third-order valence-electron chi connectivity index (χ3n) is 2.67. The lowest BCUT2D eigenvalue weighted by Crippen LogP contribution is -2.49. The fraction of sp³-hybridized carbons (Fsp3) is 0.909. The van der Waals surface area contributed by atoms with E-state index in [1.807, 2.05) is 16.7 Å². The summed E-state index contributed by atoms with van der Waals surface area (Å²) in [6, 6.07) is 0.373. The smallest absolute Gasteiger partial charge is 0.317 e. The molecule has 1 aliphatic rings. The summed E-state index contributed by atoms with van der Waals surface area (Å²) in [7, 11) is 0. The summed E-state index contributed by atoms with van der Waals surface area (Å²) < 4.78 is 0. The highest BCUT2D eigenvalue weighted by Gasteiger charge is 2.23. The molecule has 0 bridgehead atoms. The van der Waals surface area contributed by atoms with E-state index in [0.717, 1.165) is 31.0 Å². The van der Waals surface area contributed by atoms with Gasteiger partial charge in [-0.05, 0) is 19.6 Å². The zero-order chi connectivity index (χ0) is 12.0. The van der Waals surface area contributed by atoms with Gasteiger partial charge < -0.3 is 10.2 Å². The van der Waals surface area contributed by atoms with Crippen LogP contribution in [0, 0.1) is 0 Å². The van der Waals surface area contributed by atoms with Crippen molar-refractivity contribution in [3.63, 3.8) is 0 Å². The monoisotopic (exact) mass is 262 g/mol. The van der Waals surface area contributed by atoms with E-state index in [1.54, 1.807) is 11.8 Å². The van der Waals surface area contributed by atoms with Gasteiger partial charge in [-0.15, -0.1) is 0 Å². The number of carbonyl (C=O) groups is 1. The average Bonchev–Trinajstić information content (AvgIpc) is 2.29. The zero-order valence-corrected chi connectivity index (χ0v) is 12.0. The number of hydrogen-bond donors (Lipinski definition) is 1. The quantitative estimate of drug-likeness (QED) is 0.843. The Labute approximate surface area is 107 Å². The van der Waals surface area contributed by atoms with Crippen LogP contribution in [0.1, 0.15) is 20.3 Å². The van der Waals surface area contributed by atoms with Crippen LogP contribution < -0.4 is 5.32 Å². The number of carbonyl (C=O) groups excluding carboxylic acids is 1. The standard InChI is InChI=1S/C11H22N2OS2/c1-4-10-7-13(5-6-16-10)11(14)12-9(2)8-15-3/h9-10H,4-8H2,1-3H3,(H,12,14)/t9-,10+/m1/s1. The maximum absolute atomic E-state index is 11.9. The summed E-state index contributed by atoms with van der Waals surface area (Å²) in [5, 5.41) is 3.67. The lowest BCUT2D eigenvalue weighted by atomic mass is 10.3. The molecule has 16 heavy (non-hydrogen) atoms. The Bertz CT molecular complexity index is 226. The molecule has 1 saturated heterocycles. The first-order valence-electron chi connectivity index (χ1n) is 5.83. The molecule has 1 fully saturated rings. The first kappa shape index (κ1) is 14.0. The zero-order valence-electron chi connectivity index (χ0n) is 10.4. The van der Waals surface area contributed by atoms with Crippen molar-refractivity contribution in [2.45, 2.75) is 31.6 Å². The Morgan fingerprint density at radius 1 is 1.69 bits per heavy atom. The molecule has 0 saturated carbocycles. The molecule has 2 amide bonds. The van der Waals surface area contributed by atoms with Crippen LogP contribution >= 0.6 is 23.5 Å². The molecule has 94 valence electrons. The van der Waals surface area contributed by atoms with Crippen LogP contribution in [0.15, 0.2) is 0 Å². The minimum Gasteiger partial charge on any atom is -0.335 e. The van der Waals surface area contributed by atoms with Gasteiger partial charge >= 0.3 is 6.03 Å². The van der Waals surface area contributed by atoms with Gasteiger partial charge in [0.1, 0.15) is 0 Å². The van der Waals surface area contributed by atoms with Gasteiger partial charge in [-0.1, -0.05) is 6.92 Å². The second kappa shape index (κ2) is 7.33. The van der Waals surface area contributed by atoms with Gasteiger partial charge in [0.25, 0.3) is 0 Å². The predicted octanol–water partition coefficient (Wildman–Crippen LogP) is 2.27. The second-order valence-corrected chi connectivity index (χ2v) is 6.47. The van der Waals surface area contributed by atoms with Gasteiger partial charge in [-0.2, -0.15) is 23.5 Å². The largest absolute Gasteiger partial charge is 0.335 e. The molecule has 2 atom stereocenters. The molecule has 0 aliphatic carbocycles. The van der Waals surface area contributed by atoms with Crippen molar-refractivity contribution in [2.24, 2.45) is 0 Å². The third kappa shape index (κ3) is 4.45. The van der Waals surface area contributed by atoms with Crippen LogP contribution in [0.25, 0.3) is 0 Å². The fourth-order valence-corrected chi connectivity index (χ4v) is 3.51. The van der Waals surface area contributed by atoms with E-state index >= 15 is 0 Å². The van der Waals surface area contributed by atoms with Crippen molar-refractivity contribution in [2.75, 3.05) is 30.9 Å². The minimum absolute atomic E-state index is 0.111. The molecule has 3 nitrogen and oxygen atoms in total. The van der Waals surface area contributed by atoms with E-state index in [2.05, 4.69) is 25.4 Å². The predicted molar refractivity (Wildman–Crippen MR) is 74.5 cm³/mol. The van der Waals surface area contributed by atoms with Crippen LogP contribution in [-0.2, 0) is 0 Å². The highest BCUT2D eigenvalue weighted by molar-refractivity contribution is 8.00. The molecule has 1 N–H and O–H groups in total. The van der Waals surface area contributed by atoms with E-state index in [9.17, 15) is 4.79 Å².